The molecule has 1 N–H and O–H groups in total. The van der Waals surface area contributed by atoms with Crippen LogP contribution in [-0.4, -0.2) is 70.1 Å². The number of likely N-dealkylation sites (tertiary alicyclic amines) is 1. The van der Waals surface area contributed by atoms with Crippen LogP contribution in [0.25, 0.3) is 0 Å². The van der Waals surface area contributed by atoms with Crippen molar-refractivity contribution in [3.63, 3.8) is 0 Å². The number of amides is 2. The smallest absolute Gasteiger partial charge is 0.311 e. The fraction of sp³-hybridized carbons (Fsp3) is 0.480. The zero-order valence-electron chi connectivity index (χ0n) is 18.6. The van der Waals surface area contributed by atoms with Gasteiger partial charge in [0.05, 0.1) is 23.2 Å². The number of aliphatic hydroxyl groups is 1. The summed E-state index contributed by atoms with van der Waals surface area (Å²) in [5.74, 6) is -2.15. The fourth-order valence-corrected chi connectivity index (χ4v) is 7.71. The van der Waals surface area contributed by atoms with E-state index in [1.807, 2.05) is 18.2 Å². The Bertz CT molecular complexity index is 1040. The van der Waals surface area contributed by atoms with Gasteiger partial charge in [-0.2, -0.15) is 0 Å². The molecule has 5 rings (SSSR count). The second-order valence-electron chi connectivity index (χ2n) is 9.02. The van der Waals surface area contributed by atoms with E-state index in [1.54, 1.807) is 34.1 Å². The van der Waals surface area contributed by atoms with Crippen LogP contribution in [0, 0.1) is 11.8 Å². The molecular formula is C25H27ClN2O5S. The standard InChI is InChI=1S/C25H27ClN2O5S/c26-16-7-9-17(10-8-16)27-12-4-11-25-20(22(30)28(13-5-14-29)21(25)23(27)31)19-18(34-25)6-2-1-3-15-33-24(19)32/h2,4,6-11,18-21,29H,1,3,5,12-15H2/b6-2-/t18-,19+,20-,21?,25-/m0/s1. The van der Waals surface area contributed by atoms with E-state index in [1.165, 1.54) is 11.8 Å². The van der Waals surface area contributed by atoms with Crippen LogP contribution in [-0.2, 0) is 19.1 Å². The minimum absolute atomic E-state index is 0.0942. The van der Waals surface area contributed by atoms with Crippen LogP contribution in [0.4, 0.5) is 5.69 Å². The van der Waals surface area contributed by atoms with Crippen molar-refractivity contribution >= 4 is 46.8 Å². The maximum absolute atomic E-state index is 14.1. The van der Waals surface area contributed by atoms with Crippen LogP contribution in [0.1, 0.15) is 19.3 Å². The number of rotatable bonds is 4. The van der Waals surface area contributed by atoms with Gasteiger partial charge in [-0.05, 0) is 43.5 Å². The Labute approximate surface area is 207 Å². The Balaban J connectivity index is 1.60. The summed E-state index contributed by atoms with van der Waals surface area (Å²) in [5, 5.41) is 9.79. The van der Waals surface area contributed by atoms with E-state index in [4.69, 9.17) is 16.3 Å². The number of thioether (sulfide) groups is 1. The van der Waals surface area contributed by atoms with Crippen molar-refractivity contribution in [2.24, 2.45) is 11.8 Å². The van der Waals surface area contributed by atoms with Crippen LogP contribution in [0.15, 0.2) is 48.6 Å². The monoisotopic (exact) mass is 502 g/mol. The number of aliphatic hydroxyl groups excluding tert-OH is 1. The zero-order valence-corrected chi connectivity index (χ0v) is 20.2. The van der Waals surface area contributed by atoms with Gasteiger partial charge in [0.25, 0.3) is 5.91 Å². The molecule has 1 aromatic rings. The van der Waals surface area contributed by atoms with Crippen molar-refractivity contribution < 1.29 is 24.2 Å². The van der Waals surface area contributed by atoms with E-state index < -0.39 is 22.6 Å². The summed E-state index contributed by atoms with van der Waals surface area (Å²) in [6, 6.07) is 6.26. The van der Waals surface area contributed by atoms with Gasteiger partial charge in [0.15, 0.2) is 0 Å². The molecule has 0 aliphatic carbocycles. The summed E-state index contributed by atoms with van der Waals surface area (Å²) < 4.78 is 4.66. The molecule has 0 aromatic heterocycles. The zero-order chi connectivity index (χ0) is 23.9. The molecule has 180 valence electrons. The first kappa shape index (κ1) is 23.5. The van der Waals surface area contributed by atoms with Gasteiger partial charge < -0.3 is 19.6 Å². The molecule has 2 amide bonds. The summed E-state index contributed by atoms with van der Waals surface area (Å²) in [6.45, 7) is 0.823. The molecule has 34 heavy (non-hydrogen) atoms. The van der Waals surface area contributed by atoms with Crippen molar-refractivity contribution in [2.75, 3.05) is 31.2 Å². The van der Waals surface area contributed by atoms with Crippen molar-refractivity contribution in [2.45, 2.75) is 35.3 Å². The number of ether oxygens (including phenoxy) is 1. The molecule has 4 aliphatic heterocycles. The minimum Gasteiger partial charge on any atom is -0.465 e. The average molecular weight is 503 g/mol. The Morgan fingerprint density at radius 1 is 1.15 bits per heavy atom. The van der Waals surface area contributed by atoms with Gasteiger partial charge in [-0.25, -0.2) is 0 Å². The van der Waals surface area contributed by atoms with Gasteiger partial charge in [0, 0.05) is 35.7 Å². The van der Waals surface area contributed by atoms with Crippen LogP contribution in [0.2, 0.25) is 5.02 Å². The maximum Gasteiger partial charge on any atom is 0.311 e. The van der Waals surface area contributed by atoms with E-state index >= 15 is 0 Å². The Morgan fingerprint density at radius 3 is 2.71 bits per heavy atom. The molecule has 5 atom stereocenters. The van der Waals surface area contributed by atoms with Crippen molar-refractivity contribution in [1.82, 2.24) is 4.90 Å². The lowest BCUT2D eigenvalue weighted by molar-refractivity contribution is -0.153. The van der Waals surface area contributed by atoms with Crippen LogP contribution in [0.3, 0.4) is 0 Å². The summed E-state index contributed by atoms with van der Waals surface area (Å²) in [4.78, 5) is 44.4. The van der Waals surface area contributed by atoms with Crippen LogP contribution >= 0.6 is 23.4 Å². The summed E-state index contributed by atoms with van der Waals surface area (Å²) in [7, 11) is 0. The minimum atomic E-state index is -0.886. The summed E-state index contributed by atoms with van der Waals surface area (Å²) >= 11 is 7.58. The average Bonchev–Trinajstić information content (AvgIpc) is 3.23. The van der Waals surface area contributed by atoms with E-state index in [2.05, 4.69) is 6.08 Å². The molecule has 7 nitrogen and oxygen atoms in total. The van der Waals surface area contributed by atoms with Gasteiger partial charge in [-0.1, -0.05) is 35.9 Å². The maximum atomic E-state index is 14.1. The number of hydrogen-bond donors (Lipinski definition) is 1. The number of halogens is 1. The molecule has 1 spiro atoms. The molecule has 0 bridgehead atoms. The molecule has 9 heteroatoms. The second kappa shape index (κ2) is 9.40. The predicted molar refractivity (Wildman–Crippen MR) is 131 cm³/mol. The Morgan fingerprint density at radius 2 is 1.94 bits per heavy atom. The van der Waals surface area contributed by atoms with E-state index in [0.29, 0.717) is 30.3 Å². The molecule has 2 saturated heterocycles. The fourth-order valence-electron chi connectivity index (χ4n) is 5.59. The first-order valence-corrected chi connectivity index (χ1v) is 12.9. The number of cyclic esters (lactones) is 1. The van der Waals surface area contributed by atoms with Gasteiger partial charge in [0.2, 0.25) is 5.91 Å². The number of fused-ring (bicyclic) bond motifs is 2. The number of carbonyl (C=O) groups is 3. The number of allylic oxidation sites excluding steroid dienone is 1. The molecule has 0 radical (unpaired) electrons. The highest BCUT2D eigenvalue weighted by Crippen LogP contribution is 2.60. The molecule has 4 heterocycles. The third kappa shape index (κ3) is 3.76. The molecule has 1 aromatic carbocycles. The number of hydrogen-bond acceptors (Lipinski definition) is 6. The van der Waals surface area contributed by atoms with Crippen molar-refractivity contribution in [3.8, 4) is 0 Å². The first-order valence-electron chi connectivity index (χ1n) is 11.6. The summed E-state index contributed by atoms with van der Waals surface area (Å²) in [5.41, 5.74) is 0.693. The quantitative estimate of drug-likeness (QED) is 0.503. The van der Waals surface area contributed by atoms with E-state index in [9.17, 15) is 19.5 Å². The normalized spacial score (nSPS) is 33.9. The Kier molecular flexibility index (Phi) is 6.48. The van der Waals surface area contributed by atoms with Crippen LogP contribution < -0.4 is 4.90 Å². The number of anilines is 1. The highest BCUT2D eigenvalue weighted by Gasteiger charge is 2.70. The lowest BCUT2D eigenvalue weighted by atomic mass is 9.78. The van der Waals surface area contributed by atoms with Gasteiger partial charge in [-0.15, -0.1) is 11.8 Å². The van der Waals surface area contributed by atoms with Gasteiger partial charge in [-0.3, -0.25) is 14.4 Å². The number of benzene rings is 1. The highest BCUT2D eigenvalue weighted by atomic mass is 35.5. The van der Waals surface area contributed by atoms with Crippen LogP contribution in [0.5, 0.6) is 0 Å². The highest BCUT2D eigenvalue weighted by molar-refractivity contribution is 8.02. The number of nitrogens with zero attached hydrogens (tertiary/aromatic N) is 2. The summed E-state index contributed by atoms with van der Waals surface area (Å²) in [6.07, 6.45) is 9.86. The van der Waals surface area contributed by atoms with Crippen molar-refractivity contribution in [1.29, 1.82) is 0 Å². The third-order valence-corrected chi connectivity index (χ3v) is 9.04. The lowest BCUT2D eigenvalue weighted by Gasteiger charge is -2.35. The molecular weight excluding hydrogens is 476 g/mol. The molecule has 4 aliphatic rings. The predicted octanol–water partition coefficient (Wildman–Crippen LogP) is 2.82. The van der Waals surface area contributed by atoms with Crippen molar-refractivity contribution in [3.05, 3.63) is 53.6 Å². The number of esters is 1. The molecule has 0 saturated carbocycles. The van der Waals surface area contributed by atoms with Gasteiger partial charge >= 0.3 is 5.97 Å². The number of carbonyl (C=O) groups excluding carboxylic acids is 3. The second-order valence-corrected chi connectivity index (χ2v) is 10.9. The van der Waals surface area contributed by atoms with E-state index in [-0.39, 0.29) is 36.2 Å². The largest absolute Gasteiger partial charge is 0.465 e. The first-order chi connectivity index (χ1) is 16.5. The molecule has 2 fully saturated rings. The topological polar surface area (TPSA) is 87.2 Å². The van der Waals surface area contributed by atoms with Gasteiger partial charge in [0.1, 0.15) is 6.04 Å². The SMILES string of the molecule is O=C1OCCC/C=C\[C@@H]2S[C@]34C=CCN(c5ccc(Cl)cc5)C(=O)C3N(CCCO)C(=O)[C@@H]4[C@H]12. The Hall–Kier alpha value is -2.29. The third-order valence-electron chi connectivity index (χ3n) is 7.05. The lowest BCUT2D eigenvalue weighted by Crippen LogP contribution is -2.53. The van der Waals surface area contributed by atoms with E-state index in [0.717, 1.165) is 12.8 Å². The molecule has 1 unspecified atom stereocenters.